The molecule has 8 heteroatoms. The molecule has 1 amide bonds. The number of carbonyl (C=O) groups is 1. The van der Waals surface area contributed by atoms with Crippen LogP contribution in [0.1, 0.15) is 21.6 Å². The number of fused-ring (bicyclic) bond motifs is 1. The molecule has 3 heterocycles. The van der Waals surface area contributed by atoms with Crippen molar-refractivity contribution in [3.8, 4) is 11.4 Å². The minimum Gasteiger partial charge on any atom is -0.340 e. The van der Waals surface area contributed by atoms with Crippen molar-refractivity contribution in [2.45, 2.75) is 13.0 Å². The molecule has 6 nitrogen and oxygen atoms in total. The minimum absolute atomic E-state index is 0.0231. The van der Waals surface area contributed by atoms with Gasteiger partial charge < -0.3 is 10.2 Å². The van der Waals surface area contributed by atoms with Gasteiger partial charge in [-0.3, -0.25) is 9.78 Å². The minimum atomic E-state index is -0.560. The van der Waals surface area contributed by atoms with E-state index < -0.39 is 11.7 Å². The van der Waals surface area contributed by atoms with Crippen molar-refractivity contribution in [1.29, 1.82) is 0 Å². The Kier molecular flexibility index (Phi) is 5.48. The maximum Gasteiger partial charge on any atom is 0.257 e. The van der Waals surface area contributed by atoms with Crippen molar-refractivity contribution >= 4 is 17.4 Å². The van der Waals surface area contributed by atoms with Crippen LogP contribution in [-0.2, 0) is 13.0 Å². The molecular formula is C25H19F2N5O. The standard InChI is InChI=1S/C25H19F2N5O/c26-17-4-3-5-18(14-17)29-24-20-15-32(25(33)19-6-1-2-7-21(19)27)13-10-22(20)30-23(31-24)16-8-11-28-12-9-16/h1-9,11-12,14H,10,13,15H2,(H,29,30,31). The Morgan fingerprint density at radius 1 is 0.970 bits per heavy atom. The van der Waals surface area contributed by atoms with E-state index >= 15 is 0 Å². The van der Waals surface area contributed by atoms with Gasteiger partial charge >= 0.3 is 0 Å². The van der Waals surface area contributed by atoms with Crippen LogP contribution >= 0.6 is 0 Å². The van der Waals surface area contributed by atoms with Crippen LogP contribution in [0.2, 0.25) is 0 Å². The first-order chi connectivity index (χ1) is 16.1. The van der Waals surface area contributed by atoms with Gasteiger partial charge in [0.1, 0.15) is 17.5 Å². The molecule has 164 valence electrons. The van der Waals surface area contributed by atoms with Crippen LogP contribution in [0.15, 0.2) is 73.1 Å². The Labute approximate surface area is 189 Å². The lowest BCUT2D eigenvalue weighted by molar-refractivity contribution is 0.0729. The highest BCUT2D eigenvalue weighted by Gasteiger charge is 2.27. The Morgan fingerprint density at radius 3 is 2.58 bits per heavy atom. The molecule has 1 aliphatic heterocycles. The van der Waals surface area contributed by atoms with Crippen LogP contribution in [0.4, 0.5) is 20.3 Å². The molecule has 0 saturated carbocycles. The van der Waals surface area contributed by atoms with E-state index in [2.05, 4.69) is 15.3 Å². The summed E-state index contributed by atoms with van der Waals surface area (Å²) in [5.41, 5.74) is 2.84. The molecule has 0 unspecified atom stereocenters. The van der Waals surface area contributed by atoms with Gasteiger partial charge in [-0.25, -0.2) is 18.7 Å². The maximum atomic E-state index is 14.2. The van der Waals surface area contributed by atoms with Gasteiger partial charge in [-0.2, -0.15) is 0 Å². The second-order valence-electron chi connectivity index (χ2n) is 7.65. The molecule has 1 N–H and O–H groups in total. The predicted octanol–water partition coefficient (Wildman–Crippen LogP) is 4.76. The number of rotatable bonds is 4. The summed E-state index contributed by atoms with van der Waals surface area (Å²) in [6.07, 6.45) is 3.80. The Hall–Kier alpha value is -4.20. The van der Waals surface area contributed by atoms with Gasteiger partial charge in [0.05, 0.1) is 17.8 Å². The molecule has 0 spiro atoms. The first-order valence-electron chi connectivity index (χ1n) is 10.4. The molecule has 2 aromatic carbocycles. The molecule has 4 aromatic rings. The molecule has 33 heavy (non-hydrogen) atoms. The number of anilines is 2. The van der Waals surface area contributed by atoms with Crippen molar-refractivity contribution in [2.24, 2.45) is 0 Å². The van der Waals surface area contributed by atoms with Crippen LogP contribution in [0.25, 0.3) is 11.4 Å². The number of amides is 1. The first-order valence-corrected chi connectivity index (χ1v) is 10.4. The summed E-state index contributed by atoms with van der Waals surface area (Å²) < 4.78 is 28.0. The summed E-state index contributed by atoms with van der Waals surface area (Å²) in [6, 6.07) is 15.6. The highest BCUT2D eigenvalue weighted by atomic mass is 19.1. The lowest BCUT2D eigenvalue weighted by atomic mass is 10.0. The SMILES string of the molecule is O=C(c1ccccc1F)N1CCc2nc(-c3ccncc3)nc(Nc3cccc(F)c3)c2C1. The third-order valence-corrected chi connectivity index (χ3v) is 5.48. The fourth-order valence-electron chi connectivity index (χ4n) is 3.83. The molecule has 2 aromatic heterocycles. The van der Waals surface area contributed by atoms with E-state index in [4.69, 9.17) is 4.98 Å². The first kappa shape index (κ1) is 20.7. The number of nitrogens with one attached hydrogen (secondary N) is 1. The van der Waals surface area contributed by atoms with Crippen LogP contribution < -0.4 is 5.32 Å². The van der Waals surface area contributed by atoms with E-state index in [1.807, 2.05) is 12.1 Å². The van der Waals surface area contributed by atoms with Gasteiger partial charge in [-0.15, -0.1) is 0 Å². The Morgan fingerprint density at radius 2 is 1.79 bits per heavy atom. The molecule has 5 rings (SSSR count). The van der Waals surface area contributed by atoms with Gasteiger partial charge in [-0.1, -0.05) is 18.2 Å². The number of pyridine rings is 1. The van der Waals surface area contributed by atoms with Crippen molar-refractivity contribution in [3.05, 3.63) is 102 Å². The van der Waals surface area contributed by atoms with E-state index in [0.29, 0.717) is 35.9 Å². The van der Waals surface area contributed by atoms with Gasteiger partial charge in [0.2, 0.25) is 0 Å². The zero-order chi connectivity index (χ0) is 22.8. The summed E-state index contributed by atoms with van der Waals surface area (Å²) in [7, 11) is 0. The van der Waals surface area contributed by atoms with Gasteiger partial charge in [0, 0.05) is 42.2 Å². The number of hydrogen-bond donors (Lipinski definition) is 1. The van der Waals surface area contributed by atoms with E-state index in [-0.39, 0.29) is 17.9 Å². The van der Waals surface area contributed by atoms with Crippen molar-refractivity contribution < 1.29 is 13.6 Å². The number of carbonyl (C=O) groups excluding carboxylic acids is 1. The van der Waals surface area contributed by atoms with Gasteiger partial charge in [0.25, 0.3) is 5.91 Å². The smallest absolute Gasteiger partial charge is 0.257 e. The largest absolute Gasteiger partial charge is 0.340 e. The van der Waals surface area contributed by atoms with E-state index in [1.165, 1.54) is 24.3 Å². The highest BCUT2D eigenvalue weighted by molar-refractivity contribution is 5.94. The molecule has 0 radical (unpaired) electrons. The molecule has 0 fully saturated rings. The van der Waals surface area contributed by atoms with Gasteiger partial charge in [-0.05, 0) is 42.5 Å². The van der Waals surface area contributed by atoms with Crippen LogP contribution in [0.3, 0.4) is 0 Å². The fourth-order valence-corrected chi connectivity index (χ4v) is 3.83. The quantitative estimate of drug-likeness (QED) is 0.493. The summed E-state index contributed by atoms with van der Waals surface area (Å²) in [5.74, 6) is -0.356. The maximum absolute atomic E-state index is 14.2. The fraction of sp³-hybridized carbons (Fsp3) is 0.120. The molecule has 0 aliphatic carbocycles. The van der Waals surface area contributed by atoms with Crippen molar-refractivity contribution in [3.63, 3.8) is 0 Å². The van der Waals surface area contributed by atoms with E-state index in [0.717, 1.165) is 11.3 Å². The number of benzene rings is 2. The van der Waals surface area contributed by atoms with Gasteiger partial charge in [0.15, 0.2) is 5.82 Å². The zero-order valence-corrected chi connectivity index (χ0v) is 17.5. The van der Waals surface area contributed by atoms with Crippen molar-refractivity contribution in [2.75, 3.05) is 11.9 Å². The van der Waals surface area contributed by atoms with E-state index in [9.17, 15) is 13.6 Å². The third-order valence-electron chi connectivity index (χ3n) is 5.48. The van der Waals surface area contributed by atoms with Crippen LogP contribution in [0.5, 0.6) is 0 Å². The summed E-state index contributed by atoms with van der Waals surface area (Å²) in [5, 5.41) is 3.17. The van der Waals surface area contributed by atoms with Crippen LogP contribution in [0, 0.1) is 11.6 Å². The molecular weight excluding hydrogens is 424 g/mol. The van der Waals surface area contributed by atoms with Crippen LogP contribution in [-0.4, -0.2) is 32.3 Å². The third kappa shape index (κ3) is 4.27. The average molecular weight is 443 g/mol. The molecule has 0 atom stereocenters. The number of nitrogens with zero attached hydrogens (tertiary/aromatic N) is 4. The monoisotopic (exact) mass is 443 g/mol. The second kappa shape index (κ2) is 8.74. The Bertz CT molecular complexity index is 1330. The summed E-state index contributed by atoms with van der Waals surface area (Å²) in [6.45, 7) is 0.600. The molecule has 1 aliphatic rings. The predicted molar refractivity (Wildman–Crippen MR) is 120 cm³/mol. The highest BCUT2D eigenvalue weighted by Crippen LogP contribution is 2.30. The number of halogens is 2. The lowest BCUT2D eigenvalue weighted by Gasteiger charge is -2.30. The van der Waals surface area contributed by atoms with Crippen molar-refractivity contribution in [1.82, 2.24) is 19.9 Å². The topological polar surface area (TPSA) is 71.0 Å². The normalized spacial score (nSPS) is 12.8. The summed E-state index contributed by atoms with van der Waals surface area (Å²) >= 11 is 0. The molecule has 0 bridgehead atoms. The van der Waals surface area contributed by atoms with E-state index in [1.54, 1.807) is 41.6 Å². The lowest BCUT2D eigenvalue weighted by Crippen LogP contribution is -2.37. The molecule has 0 saturated heterocycles. The number of hydrogen-bond acceptors (Lipinski definition) is 5. The summed E-state index contributed by atoms with van der Waals surface area (Å²) in [4.78, 5) is 28.0. The second-order valence-corrected chi connectivity index (χ2v) is 7.65. The average Bonchev–Trinajstić information content (AvgIpc) is 2.84. The number of aromatic nitrogens is 3. The zero-order valence-electron chi connectivity index (χ0n) is 17.5. The Balaban J connectivity index is 1.54.